The molecule has 0 radical (unpaired) electrons. The van der Waals surface area contributed by atoms with Crippen LogP contribution in [0.5, 0.6) is 46.0 Å². The van der Waals surface area contributed by atoms with Gasteiger partial charge in [0, 0.05) is 65.1 Å². The molecular weight excluding hydrogens is 1470 g/mol. The number of nitrogens with one attached hydrogen (secondary N) is 3. The van der Waals surface area contributed by atoms with Crippen molar-refractivity contribution in [2.24, 2.45) is 5.73 Å². The lowest BCUT2D eigenvalue weighted by atomic mass is 10.3. The van der Waals surface area contributed by atoms with Crippen molar-refractivity contribution < 1.29 is 127 Å². The molecule has 15 N–H and O–H groups in total. The van der Waals surface area contributed by atoms with E-state index in [4.69, 9.17) is 117 Å². The second kappa shape index (κ2) is 64.8. The van der Waals surface area contributed by atoms with Crippen molar-refractivity contribution in [2.45, 2.75) is 69.4 Å². The number of phenols is 1. The summed E-state index contributed by atoms with van der Waals surface area (Å²) in [6, 6.07) is 24.9. The molecular formula is C58H88Cl4N4O26S5. The number of aromatic hydroxyl groups is 1. The molecule has 0 aromatic heterocycles. The fourth-order valence-corrected chi connectivity index (χ4v) is 6.47. The SMILES string of the molecule is CC(=O)N[C@H](CS)C(=O)Cl.CC(=O)N[C@H](CS)C(=O)O.COc1ccccc1O.COc1ccccc1OCC(O)CO.COc1ccccc1OCC(O)CO.COc1ccccc1OCC(O)COC(=O)[C@@H](CS)NC(C)=O.N[C@H](CS)C(=O)O.O=S(Cl)Cl.OCC(O)CCl. The molecule has 0 bridgehead atoms. The first-order chi connectivity index (χ1) is 45.7. The molecule has 0 spiro atoms. The molecule has 0 heterocycles. The fraction of sp³-hybridized carbons (Fsp3) is 0.466. The van der Waals surface area contributed by atoms with Crippen molar-refractivity contribution in [3.05, 3.63) is 97.1 Å². The molecule has 0 aliphatic rings. The number of alkyl halides is 1. The number of amides is 3. The number of benzene rings is 4. The number of hydrogen-bond donors (Lipinski definition) is 18. The minimum atomic E-state index is -1.67. The fourth-order valence-electron chi connectivity index (χ4n) is 5.24. The van der Waals surface area contributed by atoms with Crippen molar-refractivity contribution in [1.29, 1.82) is 0 Å². The van der Waals surface area contributed by atoms with Gasteiger partial charge >= 0.3 is 17.9 Å². The highest BCUT2D eigenvalue weighted by Crippen LogP contribution is 2.28. The van der Waals surface area contributed by atoms with Gasteiger partial charge in [-0.2, -0.15) is 50.5 Å². The maximum absolute atomic E-state index is 11.7. The van der Waals surface area contributed by atoms with Gasteiger partial charge < -0.3 is 111 Å². The molecule has 0 saturated carbocycles. The number of nitrogens with two attached hydrogens (primary N) is 1. The predicted octanol–water partition coefficient (Wildman–Crippen LogP) is 2.31. The smallest absolute Gasteiger partial charge is 0.329 e. The lowest BCUT2D eigenvalue weighted by Gasteiger charge is -2.17. The number of aliphatic carboxylic acids is 2. The number of ether oxygens (including phenoxy) is 8. The van der Waals surface area contributed by atoms with Gasteiger partial charge in [-0.3, -0.25) is 24.0 Å². The molecule has 30 nitrogen and oxygen atoms in total. The standard InChI is InChI=1S/C15H21NO6S.2C10H14O4.C7H8O2.C5H8ClNO2S.C5H9NO3S.C3H7ClO2.C3H7NO2S.Cl2OS/c1-10(17)16-12(9-23)15(19)22-8-11(18)7-21-14-6-4-3-5-13(14)20-2;2*1-13-9-4-2-3-5-10(9)14-7-8(12)6-11;1-9-7-5-3-2-4-6(7)8;1-3(8)7-4(2-10)5(6)9;1-3(7)6-4(2-10)5(8)9;4-1-3(6)2-5;4-2(1-7)3(5)6;1-4(2)3/h3-6,11-12,18,23H,7-9H2,1-2H3,(H,16,17);2*2-5,8,11-12H,6-7H2,1H3;2-5,8H,1H3;4,10H,2H2,1H3,(H,7,8);4,10H,2H2,1H3,(H,6,7)(H,8,9);3,5-6H,1-2H2;2,7H,1,4H2,(H,5,6);/t11?,12-;;;;2*4-;;2-;/m1...11.1./s1. The third kappa shape index (κ3) is 57.7. The highest BCUT2D eigenvalue weighted by Gasteiger charge is 2.21. The Morgan fingerprint density at radius 2 is 0.784 bits per heavy atom. The van der Waals surface area contributed by atoms with Crippen molar-refractivity contribution in [1.82, 2.24) is 16.0 Å². The third-order valence-electron chi connectivity index (χ3n) is 9.87. The number of rotatable bonds is 30. The summed E-state index contributed by atoms with van der Waals surface area (Å²) >= 11 is 25.3. The summed E-state index contributed by atoms with van der Waals surface area (Å²) in [6.45, 7) is 2.79. The number of para-hydroxylation sites is 8. The minimum absolute atomic E-state index is 0.0525. The molecule has 4 aromatic rings. The second-order valence-electron chi connectivity index (χ2n) is 17.8. The van der Waals surface area contributed by atoms with Crippen LogP contribution in [0.25, 0.3) is 0 Å². The summed E-state index contributed by atoms with van der Waals surface area (Å²) in [6.07, 6.45) is -3.48. The van der Waals surface area contributed by atoms with E-state index >= 15 is 0 Å². The van der Waals surface area contributed by atoms with Gasteiger partial charge in [0.2, 0.25) is 32.2 Å². The number of carbonyl (C=O) groups excluding carboxylic acids is 5. The zero-order valence-corrected chi connectivity index (χ0v) is 61.1. The van der Waals surface area contributed by atoms with Crippen LogP contribution < -0.4 is 54.8 Å². The van der Waals surface area contributed by atoms with Crippen LogP contribution in [0, 0.1) is 0 Å². The van der Waals surface area contributed by atoms with Crippen LogP contribution in [0.4, 0.5) is 0 Å². The molecule has 4 aromatic carbocycles. The van der Waals surface area contributed by atoms with Crippen molar-refractivity contribution in [3.8, 4) is 46.0 Å². The number of phenolic OH excluding ortho intramolecular Hbond substituents is 1. The van der Waals surface area contributed by atoms with E-state index in [2.05, 4.69) is 87.8 Å². The Balaban J connectivity index is -0.000000341. The van der Waals surface area contributed by atoms with E-state index in [0.717, 1.165) is 0 Å². The molecule has 39 heteroatoms. The largest absolute Gasteiger partial charge is 0.504 e. The van der Waals surface area contributed by atoms with Crippen LogP contribution >= 0.6 is 95.1 Å². The molecule has 0 saturated heterocycles. The van der Waals surface area contributed by atoms with Crippen LogP contribution in [0.3, 0.4) is 0 Å². The van der Waals surface area contributed by atoms with E-state index in [0.29, 0.717) is 40.2 Å². The van der Waals surface area contributed by atoms with Crippen LogP contribution in [-0.4, -0.2) is 248 Å². The first-order valence-electron chi connectivity index (χ1n) is 27.5. The van der Waals surface area contributed by atoms with Crippen molar-refractivity contribution in [3.63, 3.8) is 0 Å². The number of carboxylic acids is 2. The summed E-state index contributed by atoms with van der Waals surface area (Å²) in [5.74, 6) is 1.04. The number of aliphatic hydroxyl groups excluding tert-OH is 7. The van der Waals surface area contributed by atoms with Gasteiger partial charge in [0.1, 0.15) is 68.9 Å². The van der Waals surface area contributed by atoms with E-state index in [1.54, 1.807) is 87.0 Å². The number of methoxy groups -OCH3 is 4. The highest BCUT2D eigenvalue weighted by atomic mass is 36.0. The minimum Gasteiger partial charge on any atom is -0.504 e. The first-order valence-corrected chi connectivity index (χ1v) is 33.8. The molecule has 0 aliphatic heterocycles. The molecule has 3 amide bonds. The number of hydrogen-bond acceptors (Lipinski definition) is 29. The lowest BCUT2D eigenvalue weighted by molar-refractivity contribution is -0.150. The van der Waals surface area contributed by atoms with Gasteiger partial charge in [-0.05, 0) is 60.1 Å². The second-order valence-corrected chi connectivity index (χ2v) is 22.4. The Kier molecular flexibility index (Phi) is 66.7. The topological polar surface area (TPSA) is 475 Å². The molecule has 4 rings (SSSR count). The van der Waals surface area contributed by atoms with Gasteiger partial charge in [0.15, 0.2) is 46.0 Å². The maximum Gasteiger partial charge on any atom is 0.329 e. The number of carbonyl (C=O) groups is 7. The van der Waals surface area contributed by atoms with Gasteiger partial charge in [0.25, 0.3) is 0 Å². The maximum atomic E-state index is 11.7. The lowest BCUT2D eigenvalue weighted by Crippen LogP contribution is -2.43. The number of thiol groups is 4. The molecule has 0 aliphatic carbocycles. The van der Waals surface area contributed by atoms with E-state index < -0.39 is 81.0 Å². The average molecular weight is 1560 g/mol. The number of carboxylic acid groups (broad SMARTS) is 2. The molecule has 554 valence electrons. The van der Waals surface area contributed by atoms with Gasteiger partial charge in [-0.25, -0.2) is 13.8 Å². The Morgan fingerprint density at radius 3 is 0.990 bits per heavy atom. The van der Waals surface area contributed by atoms with Crippen LogP contribution in [0.1, 0.15) is 20.8 Å². The molecule has 8 atom stereocenters. The average Bonchev–Trinajstić information content (AvgIpc) is 1.06. The molecule has 4 unspecified atom stereocenters. The van der Waals surface area contributed by atoms with Crippen LogP contribution in [0.2, 0.25) is 0 Å². The zero-order valence-electron chi connectivity index (χ0n) is 53.6. The number of aliphatic hydroxyl groups is 7. The monoisotopic (exact) mass is 1560 g/mol. The summed E-state index contributed by atoms with van der Waals surface area (Å²) in [5, 5.41) is 93.1. The van der Waals surface area contributed by atoms with Gasteiger partial charge in [0.05, 0.1) is 60.2 Å². The van der Waals surface area contributed by atoms with E-state index in [1.807, 2.05) is 24.3 Å². The quantitative estimate of drug-likeness (QED) is 0.0154. The molecule has 97 heavy (non-hydrogen) atoms. The van der Waals surface area contributed by atoms with Gasteiger partial charge in [-0.1, -0.05) is 48.5 Å². The van der Waals surface area contributed by atoms with E-state index in [1.165, 1.54) is 35.0 Å². The predicted molar refractivity (Wildman–Crippen MR) is 379 cm³/mol. The summed E-state index contributed by atoms with van der Waals surface area (Å²) in [4.78, 5) is 73.7. The number of halogens is 4. The Hall–Kier alpha value is -5.84. The summed E-state index contributed by atoms with van der Waals surface area (Å²) < 4.78 is 49.9. The Bertz CT molecular complexity index is 2690. The van der Waals surface area contributed by atoms with Gasteiger partial charge in [-0.15, -0.1) is 11.6 Å². The first kappa shape index (κ1) is 99.8. The van der Waals surface area contributed by atoms with Crippen LogP contribution in [0.15, 0.2) is 97.1 Å². The zero-order chi connectivity index (χ0) is 75.4. The Morgan fingerprint density at radius 1 is 0.485 bits per heavy atom. The number of esters is 1. The van der Waals surface area contributed by atoms with Crippen molar-refractivity contribution in [2.75, 3.05) is 104 Å². The van der Waals surface area contributed by atoms with Crippen molar-refractivity contribution >= 4 is 145 Å². The van der Waals surface area contributed by atoms with E-state index in [-0.39, 0.29) is 98.6 Å². The normalized spacial score (nSPS) is 12.2. The third-order valence-corrected chi connectivity index (χ3v) is 12.0. The summed E-state index contributed by atoms with van der Waals surface area (Å²) in [7, 11) is 13.5. The summed E-state index contributed by atoms with van der Waals surface area (Å²) in [5.41, 5.74) is 4.94. The highest BCUT2D eigenvalue weighted by molar-refractivity contribution is 8.26. The Labute approximate surface area is 605 Å². The van der Waals surface area contributed by atoms with Crippen LogP contribution in [-0.2, 0) is 47.5 Å². The molecule has 0 fully saturated rings. The van der Waals surface area contributed by atoms with E-state index in [9.17, 15) is 38.7 Å².